The summed E-state index contributed by atoms with van der Waals surface area (Å²) in [5.74, 6) is 1.67. The highest BCUT2D eigenvalue weighted by Crippen LogP contribution is 2.49. The van der Waals surface area contributed by atoms with Crippen molar-refractivity contribution in [2.45, 2.75) is 44.8 Å². The Bertz CT molecular complexity index is 477. The largest absolute Gasteiger partial charge is 0.368 e. The average Bonchev–Trinajstić information content (AvgIpc) is 2.82. The van der Waals surface area contributed by atoms with Gasteiger partial charge in [0.2, 0.25) is 5.91 Å². The molecule has 4 atom stereocenters. The van der Waals surface area contributed by atoms with Gasteiger partial charge in [-0.2, -0.15) is 0 Å². The zero-order valence-corrected chi connectivity index (χ0v) is 13.0. The van der Waals surface area contributed by atoms with Gasteiger partial charge >= 0.3 is 0 Å². The van der Waals surface area contributed by atoms with Gasteiger partial charge < -0.3 is 20.9 Å². The molecular formula is C16H26N4O. The van der Waals surface area contributed by atoms with E-state index in [2.05, 4.69) is 40.9 Å². The monoisotopic (exact) mass is 290 g/mol. The lowest BCUT2D eigenvalue weighted by molar-refractivity contribution is -0.125. The third-order valence-corrected chi connectivity index (χ3v) is 5.69. The van der Waals surface area contributed by atoms with E-state index in [0.717, 1.165) is 26.1 Å². The van der Waals surface area contributed by atoms with Gasteiger partial charge in [-0.15, -0.1) is 0 Å². The molecule has 0 radical (unpaired) electrons. The summed E-state index contributed by atoms with van der Waals surface area (Å²) in [4.78, 5) is 15.0. The van der Waals surface area contributed by atoms with Gasteiger partial charge in [-0.05, 0) is 58.0 Å². The summed E-state index contributed by atoms with van der Waals surface area (Å²) in [7, 11) is 0. The molecule has 0 spiro atoms. The predicted octanol–water partition coefficient (Wildman–Crippen LogP) is 0.603. The molecule has 0 aromatic heterocycles. The second-order valence-electron chi connectivity index (χ2n) is 7.58. The molecule has 4 rings (SSSR count). The van der Waals surface area contributed by atoms with Crippen LogP contribution < -0.4 is 16.0 Å². The molecule has 5 heteroatoms. The molecule has 2 unspecified atom stereocenters. The molecule has 2 saturated heterocycles. The van der Waals surface area contributed by atoms with Crippen molar-refractivity contribution in [3.05, 3.63) is 11.9 Å². The van der Waals surface area contributed by atoms with Crippen molar-refractivity contribution in [1.29, 1.82) is 0 Å². The first-order valence-electron chi connectivity index (χ1n) is 8.32. The number of nitrogens with zero attached hydrogens (tertiary/aromatic N) is 1. The molecule has 3 heterocycles. The van der Waals surface area contributed by atoms with E-state index in [4.69, 9.17) is 0 Å². The number of hydrogen-bond donors (Lipinski definition) is 3. The van der Waals surface area contributed by atoms with Crippen molar-refractivity contribution in [3.63, 3.8) is 0 Å². The number of carbonyl (C=O) groups excluding carboxylic acids is 1. The fourth-order valence-corrected chi connectivity index (χ4v) is 4.46. The summed E-state index contributed by atoms with van der Waals surface area (Å²) in [5, 5.41) is 10.2. The first kappa shape index (κ1) is 13.4. The molecule has 1 amide bonds. The number of rotatable bonds is 3. The molecule has 1 aliphatic carbocycles. The molecule has 0 aromatic carbocycles. The van der Waals surface area contributed by atoms with E-state index >= 15 is 0 Å². The summed E-state index contributed by atoms with van der Waals surface area (Å²) < 4.78 is 0. The van der Waals surface area contributed by atoms with E-state index in [1.807, 2.05) is 0 Å². The Morgan fingerprint density at radius 3 is 2.86 bits per heavy atom. The Kier molecular flexibility index (Phi) is 2.96. The summed E-state index contributed by atoms with van der Waals surface area (Å²) in [6.07, 6.45) is 6.02. The van der Waals surface area contributed by atoms with E-state index in [1.54, 1.807) is 0 Å². The highest BCUT2D eigenvalue weighted by molar-refractivity contribution is 5.83. The zero-order chi connectivity index (χ0) is 14.6. The number of fused-ring (bicyclic) bond motifs is 2. The fourth-order valence-electron chi connectivity index (χ4n) is 4.46. The predicted molar refractivity (Wildman–Crippen MR) is 81.1 cm³/mol. The summed E-state index contributed by atoms with van der Waals surface area (Å²) in [6.45, 7) is 7.42. The Balaban J connectivity index is 1.41. The van der Waals surface area contributed by atoms with Crippen LogP contribution in [0.2, 0.25) is 0 Å². The standard InChI is InChI=1S/C16H26N4O/c1-16(2,15-18-7-10-5-3-4-6-20(10)15)19-14(21)13-11-8-17-9-12(11)13/h7,11-13,15,17-18H,3-6,8-9H2,1-2H3,(H,19,21)/t11-,12+,13?,15?. The minimum atomic E-state index is -0.253. The van der Waals surface area contributed by atoms with E-state index in [9.17, 15) is 4.79 Å². The number of hydrogen-bond acceptors (Lipinski definition) is 4. The second kappa shape index (κ2) is 4.63. The van der Waals surface area contributed by atoms with Crippen LogP contribution >= 0.6 is 0 Å². The summed E-state index contributed by atoms with van der Waals surface area (Å²) in [6, 6.07) is 0. The van der Waals surface area contributed by atoms with Crippen LogP contribution in [0, 0.1) is 17.8 Å². The average molecular weight is 290 g/mol. The highest BCUT2D eigenvalue weighted by Gasteiger charge is 2.57. The lowest BCUT2D eigenvalue weighted by atomic mass is 9.97. The highest BCUT2D eigenvalue weighted by atomic mass is 16.2. The molecule has 0 aromatic rings. The molecule has 5 nitrogen and oxygen atoms in total. The van der Waals surface area contributed by atoms with Gasteiger partial charge in [-0.1, -0.05) is 0 Å². The van der Waals surface area contributed by atoms with Gasteiger partial charge in [0, 0.05) is 24.4 Å². The zero-order valence-electron chi connectivity index (χ0n) is 13.0. The van der Waals surface area contributed by atoms with Crippen LogP contribution in [-0.2, 0) is 4.79 Å². The maximum absolute atomic E-state index is 12.5. The third kappa shape index (κ3) is 2.13. The fraction of sp³-hybridized carbons (Fsp3) is 0.812. The van der Waals surface area contributed by atoms with Crippen molar-refractivity contribution in [2.24, 2.45) is 17.8 Å². The lowest BCUT2D eigenvalue weighted by Crippen LogP contribution is -2.62. The maximum Gasteiger partial charge on any atom is 0.224 e. The smallest absolute Gasteiger partial charge is 0.224 e. The van der Waals surface area contributed by atoms with Crippen LogP contribution in [0.5, 0.6) is 0 Å². The first-order chi connectivity index (χ1) is 10.1. The van der Waals surface area contributed by atoms with Crippen molar-refractivity contribution in [3.8, 4) is 0 Å². The normalized spacial score (nSPS) is 37.4. The molecule has 116 valence electrons. The lowest BCUT2D eigenvalue weighted by Gasteiger charge is -2.42. The van der Waals surface area contributed by atoms with E-state index in [-0.39, 0.29) is 23.5 Å². The molecule has 0 bridgehead atoms. The SMILES string of the molecule is CC(C)(NC(=O)C1[C@H]2CNC[C@@H]12)C1NC=C2CCCCN21. The summed E-state index contributed by atoms with van der Waals surface area (Å²) in [5.41, 5.74) is 1.15. The van der Waals surface area contributed by atoms with E-state index in [0.29, 0.717) is 11.8 Å². The van der Waals surface area contributed by atoms with E-state index < -0.39 is 0 Å². The van der Waals surface area contributed by atoms with Gasteiger partial charge in [0.05, 0.1) is 5.54 Å². The van der Waals surface area contributed by atoms with E-state index in [1.165, 1.54) is 18.5 Å². The van der Waals surface area contributed by atoms with Gasteiger partial charge in [-0.25, -0.2) is 0 Å². The molecular weight excluding hydrogens is 264 g/mol. The number of amides is 1. The van der Waals surface area contributed by atoms with Gasteiger partial charge in [0.15, 0.2) is 0 Å². The van der Waals surface area contributed by atoms with Crippen molar-refractivity contribution >= 4 is 5.91 Å². The van der Waals surface area contributed by atoms with Crippen LogP contribution in [0.3, 0.4) is 0 Å². The first-order valence-corrected chi connectivity index (χ1v) is 8.32. The molecule has 4 aliphatic rings. The third-order valence-electron chi connectivity index (χ3n) is 5.69. The van der Waals surface area contributed by atoms with Crippen LogP contribution in [0.4, 0.5) is 0 Å². The topological polar surface area (TPSA) is 56.4 Å². The quantitative estimate of drug-likeness (QED) is 0.712. The Morgan fingerprint density at radius 2 is 2.10 bits per heavy atom. The Hall–Kier alpha value is -1.23. The van der Waals surface area contributed by atoms with Crippen molar-refractivity contribution in [2.75, 3.05) is 19.6 Å². The Morgan fingerprint density at radius 1 is 1.33 bits per heavy atom. The summed E-state index contributed by atoms with van der Waals surface area (Å²) >= 11 is 0. The molecule has 3 fully saturated rings. The minimum absolute atomic E-state index is 0.188. The van der Waals surface area contributed by atoms with Crippen LogP contribution in [-0.4, -0.2) is 42.1 Å². The van der Waals surface area contributed by atoms with Crippen LogP contribution in [0.25, 0.3) is 0 Å². The number of allylic oxidation sites excluding steroid dienone is 1. The number of carbonyl (C=O) groups is 1. The van der Waals surface area contributed by atoms with Gasteiger partial charge in [-0.3, -0.25) is 4.79 Å². The minimum Gasteiger partial charge on any atom is -0.368 e. The number of piperidine rings is 2. The van der Waals surface area contributed by atoms with Crippen LogP contribution in [0.15, 0.2) is 11.9 Å². The van der Waals surface area contributed by atoms with Gasteiger partial charge in [0.1, 0.15) is 6.17 Å². The van der Waals surface area contributed by atoms with Gasteiger partial charge in [0.25, 0.3) is 0 Å². The van der Waals surface area contributed by atoms with Crippen molar-refractivity contribution < 1.29 is 4.79 Å². The molecule has 21 heavy (non-hydrogen) atoms. The van der Waals surface area contributed by atoms with Crippen molar-refractivity contribution in [1.82, 2.24) is 20.9 Å². The molecule has 1 saturated carbocycles. The second-order valence-corrected chi connectivity index (χ2v) is 7.58. The van der Waals surface area contributed by atoms with Crippen LogP contribution in [0.1, 0.15) is 33.1 Å². The Labute approximate surface area is 126 Å². The molecule has 3 N–H and O–H groups in total. The maximum atomic E-state index is 12.5. The molecule has 3 aliphatic heterocycles. The number of nitrogens with one attached hydrogen (secondary N) is 3.